The molecule has 2 N–H and O–H groups in total. The molecule has 0 saturated carbocycles. The summed E-state index contributed by atoms with van der Waals surface area (Å²) >= 11 is 1.62. The van der Waals surface area contributed by atoms with Crippen molar-refractivity contribution in [3.05, 3.63) is 22.7 Å². The van der Waals surface area contributed by atoms with Crippen LogP contribution in [0.15, 0.2) is 12.1 Å². The summed E-state index contributed by atoms with van der Waals surface area (Å²) in [5, 5.41) is 1.04. The molecule has 0 unspecified atom stereocenters. The number of hydrogen-bond donors (Lipinski definition) is 1. The lowest BCUT2D eigenvalue weighted by atomic mass is 10.2. The van der Waals surface area contributed by atoms with Crippen LogP contribution in [0.5, 0.6) is 0 Å². The van der Waals surface area contributed by atoms with Crippen LogP contribution in [0.3, 0.4) is 0 Å². The minimum absolute atomic E-state index is 0.586. The molecular weight excluding hydrogens is 208 g/mol. The third kappa shape index (κ3) is 1.96. The number of anilines is 1. The van der Waals surface area contributed by atoms with E-state index < -0.39 is 0 Å². The Bertz CT molecular complexity index is 479. The van der Waals surface area contributed by atoms with Crippen LogP contribution < -0.4 is 5.73 Å². The molecule has 0 amide bonds. The molecule has 4 heteroatoms. The summed E-state index contributed by atoms with van der Waals surface area (Å²) in [6, 6.07) is 4.01. The van der Waals surface area contributed by atoms with E-state index in [0.717, 1.165) is 26.5 Å². The Morgan fingerprint density at radius 3 is 3.00 bits per heavy atom. The highest BCUT2D eigenvalue weighted by atomic mass is 32.1. The predicted molar refractivity (Wildman–Crippen MR) is 64.1 cm³/mol. The standard InChI is InChI=1S/C11H14N2OS/c1-3-14-6-9-10(12)8-5-4-7(2)13-11(8)15-9/h4-5H,3,6,12H2,1-2H3. The van der Waals surface area contributed by atoms with Gasteiger partial charge in [-0.1, -0.05) is 0 Å². The monoisotopic (exact) mass is 222 g/mol. The first-order valence-electron chi connectivity index (χ1n) is 4.94. The van der Waals surface area contributed by atoms with Gasteiger partial charge in [0.15, 0.2) is 0 Å². The second-order valence-corrected chi connectivity index (χ2v) is 4.47. The largest absolute Gasteiger partial charge is 0.397 e. The maximum absolute atomic E-state index is 6.02. The summed E-state index contributed by atoms with van der Waals surface area (Å²) < 4.78 is 5.36. The molecule has 0 aliphatic rings. The van der Waals surface area contributed by atoms with Crippen LogP contribution in [0, 0.1) is 6.92 Å². The maximum Gasteiger partial charge on any atom is 0.126 e. The highest BCUT2D eigenvalue weighted by molar-refractivity contribution is 7.19. The lowest BCUT2D eigenvalue weighted by Gasteiger charge is -1.98. The van der Waals surface area contributed by atoms with Crippen LogP contribution in [0.25, 0.3) is 10.2 Å². The summed E-state index contributed by atoms with van der Waals surface area (Å²) in [6.07, 6.45) is 0. The smallest absolute Gasteiger partial charge is 0.126 e. The molecule has 2 rings (SSSR count). The van der Waals surface area contributed by atoms with Crippen molar-refractivity contribution in [2.45, 2.75) is 20.5 Å². The highest BCUT2D eigenvalue weighted by Gasteiger charge is 2.09. The minimum Gasteiger partial charge on any atom is -0.397 e. The lowest BCUT2D eigenvalue weighted by Crippen LogP contribution is -1.93. The minimum atomic E-state index is 0.586. The molecule has 80 valence electrons. The van der Waals surface area contributed by atoms with Crippen LogP contribution in [0.1, 0.15) is 17.5 Å². The van der Waals surface area contributed by atoms with Crippen LogP contribution in [-0.2, 0) is 11.3 Å². The number of nitrogen functional groups attached to an aromatic ring is 1. The summed E-state index contributed by atoms with van der Waals surface area (Å²) in [7, 11) is 0. The second-order valence-electron chi connectivity index (χ2n) is 3.38. The van der Waals surface area contributed by atoms with Crippen molar-refractivity contribution < 1.29 is 4.74 Å². The maximum atomic E-state index is 6.02. The van der Waals surface area contributed by atoms with E-state index in [4.69, 9.17) is 10.5 Å². The van der Waals surface area contributed by atoms with Crippen molar-refractivity contribution >= 4 is 27.2 Å². The van der Waals surface area contributed by atoms with Gasteiger partial charge in [-0.2, -0.15) is 0 Å². The van der Waals surface area contributed by atoms with Crippen LogP contribution >= 0.6 is 11.3 Å². The van der Waals surface area contributed by atoms with Gasteiger partial charge in [0.05, 0.1) is 17.2 Å². The molecule has 0 atom stereocenters. The zero-order valence-electron chi connectivity index (χ0n) is 8.91. The van der Waals surface area contributed by atoms with E-state index in [1.165, 1.54) is 0 Å². The van der Waals surface area contributed by atoms with E-state index in [1.54, 1.807) is 11.3 Å². The van der Waals surface area contributed by atoms with E-state index in [0.29, 0.717) is 13.2 Å². The molecule has 0 aromatic carbocycles. The number of ether oxygens (including phenoxy) is 1. The van der Waals surface area contributed by atoms with E-state index in [1.807, 2.05) is 26.0 Å². The van der Waals surface area contributed by atoms with Crippen molar-refractivity contribution in [1.82, 2.24) is 4.98 Å². The molecule has 0 saturated heterocycles. The Morgan fingerprint density at radius 1 is 1.47 bits per heavy atom. The van der Waals surface area contributed by atoms with Crippen LogP contribution in [0.4, 0.5) is 5.69 Å². The van der Waals surface area contributed by atoms with Gasteiger partial charge in [0.25, 0.3) is 0 Å². The Balaban J connectivity index is 2.44. The van der Waals surface area contributed by atoms with Gasteiger partial charge in [-0.25, -0.2) is 4.98 Å². The van der Waals surface area contributed by atoms with E-state index >= 15 is 0 Å². The fraction of sp³-hybridized carbons (Fsp3) is 0.364. The molecule has 2 heterocycles. The fourth-order valence-corrected chi connectivity index (χ4v) is 2.51. The van der Waals surface area contributed by atoms with Crippen molar-refractivity contribution in [3.8, 4) is 0 Å². The van der Waals surface area contributed by atoms with Gasteiger partial charge in [-0.15, -0.1) is 11.3 Å². The Hall–Kier alpha value is -1.13. The van der Waals surface area contributed by atoms with Crippen molar-refractivity contribution in [2.24, 2.45) is 0 Å². The first-order valence-corrected chi connectivity index (χ1v) is 5.76. The summed E-state index contributed by atoms with van der Waals surface area (Å²) in [5.74, 6) is 0. The number of nitrogens with zero attached hydrogens (tertiary/aromatic N) is 1. The van der Waals surface area contributed by atoms with E-state index in [2.05, 4.69) is 4.98 Å². The number of fused-ring (bicyclic) bond motifs is 1. The number of hydrogen-bond acceptors (Lipinski definition) is 4. The highest BCUT2D eigenvalue weighted by Crippen LogP contribution is 2.32. The number of rotatable bonds is 3. The van der Waals surface area contributed by atoms with Gasteiger partial charge >= 0.3 is 0 Å². The summed E-state index contributed by atoms with van der Waals surface area (Å²) in [6.45, 7) is 5.26. The summed E-state index contributed by atoms with van der Waals surface area (Å²) in [5.41, 5.74) is 7.86. The number of thiophene rings is 1. The number of pyridine rings is 1. The average Bonchev–Trinajstić information content (AvgIpc) is 2.52. The van der Waals surface area contributed by atoms with Gasteiger partial charge in [0.1, 0.15) is 4.83 Å². The third-order valence-electron chi connectivity index (χ3n) is 2.25. The quantitative estimate of drug-likeness (QED) is 0.868. The molecule has 15 heavy (non-hydrogen) atoms. The van der Waals surface area contributed by atoms with Crippen molar-refractivity contribution in [1.29, 1.82) is 0 Å². The lowest BCUT2D eigenvalue weighted by molar-refractivity contribution is 0.137. The van der Waals surface area contributed by atoms with Gasteiger partial charge in [-0.3, -0.25) is 0 Å². The Kier molecular flexibility index (Phi) is 2.88. The zero-order chi connectivity index (χ0) is 10.8. The van der Waals surface area contributed by atoms with Crippen molar-refractivity contribution in [3.63, 3.8) is 0 Å². The third-order valence-corrected chi connectivity index (χ3v) is 3.34. The Labute approximate surface area is 92.9 Å². The SMILES string of the molecule is CCOCc1sc2nc(C)ccc2c1N. The molecule has 0 fully saturated rings. The zero-order valence-corrected chi connectivity index (χ0v) is 9.73. The van der Waals surface area contributed by atoms with Crippen molar-refractivity contribution in [2.75, 3.05) is 12.3 Å². The molecule has 0 aliphatic carbocycles. The van der Waals surface area contributed by atoms with E-state index in [-0.39, 0.29) is 0 Å². The van der Waals surface area contributed by atoms with Gasteiger partial charge in [0.2, 0.25) is 0 Å². The first-order chi connectivity index (χ1) is 7.22. The number of aromatic nitrogens is 1. The normalized spacial score (nSPS) is 11.1. The molecule has 0 radical (unpaired) electrons. The average molecular weight is 222 g/mol. The molecule has 2 aromatic rings. The van der Waals surface area contributed by atoms with Gasteiger partial charge < -0.3 is 10.5 Å². The Morgan fingerprint density at radius 2 is 2.27 bits per heavy atom. The molecule has 0 spiro atoms. The molecule has 0 bridgehead atoms. The van der Waals surface area contributed by atoms with Crippen LogP contribution in [0.2, 0.25) is 0 Å². The number of nitrogens with two attached hydrogens (primary N) is 1. The number of aryl methyl sites for hydroxylation is 1. The van der Waals surface area contributed by atoms with Gasteiger partial charge in [0, 0.05) is 17.7 Å². The van der Waals surface area contributed by atoms with E-state index in [9.17, 15) is 0 Å². The topological polar surface area (TPSA) is 48.1 Å². The molecular formula is C11H14N2OS. The van der Waals surface area contributed by atoms with Crippen LogP contribution in [-0.4, -0.2) is 11.6 Å². The first kappa shape index (κ1) is 10.4. The molecule has 2 aromatic heterocycles. The predicted octanol–water partition coefficient (Wildman–Crippen LogP) is 2.72. The molecule has 3 nitrogen and oxygen atoms in total. The summed E-state index contributed by atoms with van der Waals surface area (Å²) in [4.78, 5) is 6.52. The van der Waals surface area contributed by atoms with Gasteiger partial charge in [-0.05, 0) is 26.0 Å². The second kappa shape index (κ2) is 4.16. The molecule has 0 aliphatic heterocycles. The fourth-order valence-electron chi connectivity index (χ4n) is 1.44.